The van der Waals surface area contributed by atoms with Crippen LogP contribution in [0.3, 0.4) is 0 Å². The second-order valence-corrected chi connectivity index (χ2v) is 3.72. The predicted molar refractivity (Wildman–Crippen MR) is 61.7 cm³/mol. The molecule has 1 aromatic carbocycles. The third kappa shape index (κ3) is 5.72. The number of thiol groups is 1. The number of rotatable bonds is 6. The molecule has 0 amide bonds. The molecule has 2 nitrogen and oxygen atoms in total. The maximum Gasteiger partial charge on any atom is 0.573 e. The Kier molecular flexibility index (Phi) is 5.47. The SMILES string of the molecule is FC(F)(F)Oc1ccccc1OCCCCS. The van der Waals surface area contributed by atoms with Gasteiger partial charge in [0.05, 0.1) is 6.61 Å². The Morgan fingerprint density at radius 2 is 1.71 bits per heavy atom. The molecule has 0 bridgehead atoms. The van der Waals surface area contributed by atoms with Gasteiger partial charge < -0.3 is 9.47 Å². The summed E-state index contributed by atoms with van der Waals surface area (Å²) in [5, 5.41) is 0. The number of benzene rings is 1. The number of ether oxygens (including phenoxy) is 2. The highest BCUT2D eigenvalue weighted by atomic mass is 32.1. The molecule has 17 heavy (non-hydrogen) atoms. The van der Waals surface area contributed by atoms with Gasteiger partial charge in [0, 0.05) is 0 Å². The van der Waals surface area contributed by atoms with E-state index in [2.05, 4.69) is 17.4 Å². The number of halogens is 3. The van der Waals surface area contributed by atoms with Gasteiger partial charge in [-0.2, -0.15) is 12.6 Å². The number of hydrogen-bond donors (Lipinski definition) is 1. The highest BCUT2D eigenvalue weighted by Gasteiger charge is 2.32. The van der Waals surface area contributed by atoms with E-state index in [1.54, 1.807) is 6.07 Å². The van der Waals surface area contributed by atoms with Crippen molar-refractivity contribution >= 4 is 12.6 Å². The monoisotopic (exact) mass is 266 g/mol. The van der Waals surface area contributed by atoms with Crippen molar-refractivity contribution in [3.8, 4) is 11.5 Å². The topological polar surface area (TPSA) is 18.5 Å². The van der Waals surface area contributed by atoms with Gasteiger partial charge >= 0.3 is 6.36 Å². The van der Waals surface area contributed by atoms with Crippen molar-refractivity contribution in [3.05, 3.63) is 24.3 Å². The molecule has 96 valence electrons. The Morgan fingerprint density at radius 3 is 2.29 bits per heavy atom. The number of alkyl halides is 3. The average molecular weight is 266 g/mol. The second kappa shape index (κ2) is 6.64. The molecule has 0 aromatic heterocycles. The molecule has 0 aliphatic heterocycles. The molecule has 0 saturated carbocycles. The molecule has 1 aromatic rings. The fraction of sp³-hybridized carbons (Fsp3) is 0.455. The lowest BCUT2D eigenvalue weighted by atomic mass is 10.3. The largest absolute Gasteiger partial charge is 0.573 e. The first-order valence-corrected chi connectivity index (χ1v) is 5.74. The van der Waals surface area contributed by atoms with Crippen molar-refractivity contribution in [1.82, 2.24) is 0 Å². The summed E-state index contributed by atoms with van der Waals surface area (Å²) in [5.41, 5.74) is 0. The average Bonchev–Trinajstić information content (AvgIpc) is 2.24. The predicted octanol–water partition coefficient (Wildman–Crippen LogP) is 3.67. The number of para-hydroxylation sites is 2. The maximum atomic E-state index is 12.1. The molecule has 0 radical (unpaired) electrons. The zero-order valence-corrected chi connectivity index (χ0v) is 9.93. The zero-order chi connectivity index (χ0) is 12.7. The third-order valence-corrected chi connectivity index (χ3v) is 2.20. The molecule has 0 unspecified atom stereocenters. The van der Waals surface area contributed by atoms with Gasteiger partial charge in [-0.05, 0) is 30.7 Å². The van der Waals surface area contributed by atoms with E-state index in [0.717, 1.165) is 18.6 Å². The van der Waals surface area contributed by atoms with Crippen LogP contribution in [0.25, 0.3) is 0 Å². The highest BCUT2D eigenvalue weighted by molar-refractivity contribution is 7.80. The lowest BCUT2D eigenvalue weighted by molar-refractivity contribution is -0.275. The van der Waals surface area contributed by atoms with E-state index >= 15 is 0 Å². The molecular formula is C11H13F3O2S. The van der Waals surface area contributed by atoms with Crippen LogP contribution in [0.5, 0.6) is 11.5 Å². The van der Waals surface area contributed by atoms with Crippen molar-refractivity contribution in [2.75, 3.05) is 12.4 Å². The van der Waals surface area contributed by atoms with E-state index in [1.165, 1.54) is 18.2 Å². The van der Waals surface area contributed by atoms with Crippen LogP contribution >= 0.6 is 12.6 Å². The number of hydrogen-bond acceptors (Lipinski definition) is 3. The van der Waals surface area contributed by atoms with E-state index in [4.69, 9.17) is 4.74 Å². The van der Waals surface area contributed by atoms with Crippen LogP contribution in [-0.4, -0.2) is 18.7 Å². The van der Waals surface area contributed by atoms with Crippen LogP contribution < -0.4 is 9.47 Å². The summed E-state index contributed by atoms with van der Waals surface area (Å²) < 4.78 is 45.3. The fourth-order valence-corrected chi connectivity index (χ4v) is 1.40. The number of unbranched alkanes of at least 4 members (excludes halogenated alkanes) is 1. The van der Waals surface area contributed by atoms with Crippen molar-refractivity contribution in [1.29, 1.82) is 0 Å². The van der Waals surface area contributed by atoms with E-state index in [1.807, 2.05) is 0 Å². The molecule has 6 heteroatoms. The highest BCUT2D eigenvalue weighted by Crippen LogP contribution is 2.31. The minimum absolute atomic E-state index is 0.101. The summed E-state index contributed by atoms with van der Waals surface area (Å²) in [5.74, 6) is 0.513. The molecule has 0 atom stereocenters. The van der Waals surface area contributed by atoms with Gasteiger partial charge in [-0.3, -0.25) is 0 Å². The Bertz CT molecular complexity index is 342. The maximum absolute atomic E-state index is 12.1. The van der Waals surface area contributed by atoms with Crippen molar-refractivity contribution in [3.63, 3.8) is 0 Å². The first-order valence-electron chi connectivity index (χ1n) is 5.11. The van der Waals surface area contributed by atoms with Crippen molar-refractivity contribution in [2.24, 2.45) is 0 Å². The molecule has 0 aliphatic rings. The van der Waals surface area contributed by atoms with Gasteiger partial charge in [0.15, 0.2) is 11.5 Å². The summed E-state index contributed by atoms with van der Waals surface area (Å²) in [6.07, 6.45) is -3.11. The summed E-state index contributed by atoms with van der Waals surface area (Å²) in [7, 11) is 0. The van der Waals surface area contributed by atoms with Crippen molar-refractivity contribution in [2.45, 2.75) is 19.2 Å². The standard InChI is InChI=1S/C11H13F3O2S/c12-11(13,14)16-10-6-2-1-5-9(10)15-7-3-4-8-17/h1-2,5-6,17H,3-4,7-8H2. The molecular weight excluding hydrogens is 253 g/mol. The molecule has 0 heterocycles. The zero-order valence-electron chi connectivity index (χ0n) is 9.04. The normalized spacial score (nSPS) is 11.3. The van der Waals surface area contributed by atoms with Crippen LogP contribution in [0.2, 0.25) is 0 Å². The minimum Gasteiger partial charge on any atom is -0.490 e. The van der Waals surface area contributed by atoms with Crippen LogP contribution in [-0.2, 0) is 0 Å². The fourth-order valence-electron chi connectivity index (χ4n) is 1.17. The summed E-state index contributed by atoms with van der Waals surface area (Å²) in [4.78, 5) is 0. The Morgan fingerprint density at radius 1 is 1.06 bits per heavy atom. The lowest BCUT2D eigenvalue weighted by Crippen LogP contribution is -2.17. The molecule has 0 saturated heterocycles. The van der Waals surface area contributed by atoms with E-state index in [9.17, 15) is 13.2 Å². The van der Waals surface area contributed by atoms with Crippen LogP contribution in [0, 0.1) is 0 Å². The quantitative estimate of drug-likeness (QED) is 0.625. The summed E-state index contributed by atoms with van der Waals surface area (Å²) in [6.45, 7) is 0.346. The second-order valence-electron chi connectivity index (χ2n) is 3.27. The lowest BCUT2D eigenvalue weighted by Gasteiger charge is -2.13. The van der Waals surface area contributed by atoms with E-state index < -0.39 is 6.36 Å². The van der Waals surface area contributed by atoms with E-state index in [-0.39, 0.29) is 11.5 Å². The van der Waals surface area contributed by atoms with Gasteiger partial charge in [-0.1, -0.05) is 12.1 Å². The van der Waals surface area contributed by atoms with Crippen LogP contribution in [0.1, 0.15) is 12.8 Å². The van der Waals surface area contributed by atoms with Gasteiger partial charge in [0.2, 0.25) is 0 Å². The minimum atomic E-state index is -4.70. The smallest absolute Gasteiger partial charge is 0.490 e. The van der Waals surface area contributed by atoms with Crippen LogP contribution in [0.15, 0.2) is 24.3 Å². The molecule has 0 spiro atoms. The van der Waals surface area contributed by atoms with E-state index in [0.29, 0.717) is 6.61 Å². The molecule has 0 N–H and O–H groups in total. The van der Waals surface area contributed by atoms with Gasteiger partial charge in [-0.25, -0.2) is 0 Å². The van der Waals surface area contributed by atoms with Gasteiger partial charge in [-0.15, -0.1) is 13.2 Å². The first kappa shape index (κ1) is 14.0. The van der Waals surface area contributed by atoms with Gasteiger partial charge in [0.25, 0.3) is 0 Å². The van der Waals surface area contributed by atoms with Crippen molar-refractivity contribution < 1.29 is 22.6 Å². The van der Waals surface area contributed by atoms with Crippen LogP contribution in [0.4, 0.5) is 13.2 Å². The Balaban J connectivity index is 2.58. The molecule has 1 rings (SSSR count). The Hall–Kier alpha value is -1.04. The Labute approximate surface area is 103 Å². The summed E-state index contributed by atoms with van der Waals surface area (Å²) in [6, 6.07) is 5.72. The van der Waals surface area contributed by atoms with Gasteiger partial charge in [0.1, 0.15) is 0 Å². The molecule has 0 aliphatic carbocycles. The summed E-state index contributed by atoms with van der Waals surface area (Å²) >= 11 is 4.03. The third-order valence-electron chi connectivity index (χ3n) is 1.88. The molecule has 0 fully saturated rings. The first-order chi connectivity index (χ1) is 8.03.